The summed E-state index contributed by atoms with van der Waals surface area (Å²) in [5.74, 6) is -1.68. The molecule has 0 radical (unpaired) electrons. The van der Waals surface area contributed by atoms with E-state index in [4.69, 9.17) is 32.3 Å². The predicted octanol–water partition coefficient (Wildman–Crippen LogP) is 19.4. The van der Waals surface area contributed by atoms with Crippen LogP contribution in [0.2, 0.25) is 0 Å². The second kappa shape index (κ2) is 66.0. The lowest BCUT2D eigenvalue weighted by Crippen LogP contribution is -2.30. The quantitative estimate of drug-likeness (QED) is 0.0146. The van der Waals surface area contributed by atoms with E-state index in [0.29, 0.717) is 25.7 Å². The summed E-state index contributed by atoms with van der Waals surface area (Å²) in [4.78, 5) is 58.3. The lowest BCUT2D eigenvalue weighted by molar-refractivity contribution is -0.161. The molecule has 0 aromatic carbocycles. The van der Waals surface area contributed by atoms with Crippen molar-refractivity contribution < 1.29 is 75.8 Å². The summed E-state index contributed by atoms with van der Waals surface area (Å²) in [6.07, 6.45) is 75.5. The number of allylic oxidation sites excluding steroid dienone is 20. The first-order chi connectivity index (χ1) is 44.2. The highest BCUT2D eigenvalue weighted by molar-refractivity contribution is 7.47. The summed E-state index contributed by atoms with van der Waals surface area (Å²) < 4.78 is 60.8. The highest BCUT2D eigenvalue weighted by atomic mass is 31.2. The van der Waals surface area contributed by atoms with Gasteiger partial charge in [-0.05, 0) is 103 Å². The number of aliphatic hydroxyl groups excluding tert-OH is 2. The lowest BCUT2D eigenvalue weighted by atomic mass is 10.0. The molecule has 0 heterocycles. The molecular weight excluding hydrogens is 1190 g/mol. The van der Waals surface area contributed by atoms with E-state index < -0.39 is 91.5 Å². The first-order valence-electron chi connectivity index (χ1n) is 34.8. The zero-order chi connectivity index (χ0) is 66.7. The zero-order valence-electron chi connectivity index (χ0n) is 56.5. The fourth-order valence-electron chi connectivity index (χ4n) is 8.87. The molecule has 5 atom stereocenters. The number of rotatable bonds is 65. The molecule has 0 aliphatic rings. The number of esters is 3. The van der Waals surface area contributed by atoms with E-state index in [0.717, 1.165) is 122 Å². The molecule has 0 rings (SSSR count). The minimum absolute atomic E-state index is 0.0440. The van der Waals surface area contributed by atoms with E-state index in [1.165, 1.54) is 77.0 Å². The lowest BCUT2D eigenvalue weighted by Gasteiger charge is -2.21. The first-order valence-corrected chi connectivity index (χ1v) is 37.8. The molecule has 18 heteroatoms. The Morgan fingerprint density at radius 1 is 0.319 bits per heavy atom. The van der Waals surface area contributed by atoms with Crippen molar-refractivity contribution in [2.45, 2.75) is 283 Å². The van der Waals surface area contributed by atoms with Crippen molar-refractivity contribution in [2.24, 2.45) is 0 Å². The van der Waals surface area contributed by atoms with E-state index in [9.17, 15) is 43.5 Å². The van der Waals surface area contributed by atoms with Crippen molar-refractivity contribution in [3.8, 4) is 0 Å². The van der Waals surface area contributed by atoms with Crippen molar-refractivity contribution in [3.63, 3.8) is 0 Å². The van der Waals surface area contributed by atoms with Crippen LogP contribution < -0.4 is 0 Å². The van der Waals surface area contributed by atoms with Crippen LogP contribution >= 0.6 is 15.6 Å². The van der Waals surface area contributed by atoms with Crippen molar-refractivity contribution in [1.82, 2.24) is 0 Å². The molecule has 0 aliphatic carbocycles. The average molecular weight is 1320 g/mol. The van der Waals surface area contributed by atoms with Gasteiger partial charge >= 0.3 is 33.6 Å². The van der Waals surface area contributed by atoms with Crippen LogP contribution in [0.5, 0.6) is 0 Å². The van der Waals surface area contributed by atoms with E-state index in [1.54, 1.807) is 0 Å². The van der Waals surface area contributed by atoms with Gasteiger partial charge in [-0.3, -0.25) is 32.5 Å². The number of carbonyl (C=O) groups is 3. The maximum Gasteiger partial charge on any atom is 0.472 e. The van der Waals surface area contributed by atoms with Gasteiger partial charge in [0.05, 0.1) is 26.4 Å². The SMILES string of the molecule is CC/C=C\C/C=C\C/C=C\C/C=C\C/C=C\C/C=C\CCC(=O)OCC(COP(=O)(O)OCC(O)COP(=O)(O)OCC(O)COC(=O)CCCCCCCCC/C=C\C/C=C\C/C=C\C/C=C\CCCCC)OC(=O)CCCCCCCCCCCCCCC. The van der Waals surface area contributed by atoms with Gasteiger partial charge in [0, 0.05) is 19.3 Å². The Bertz CT molecular complexity index is 2140. The molecule has 0 spiro atoms. The van der Waals surface area contributed by atoms with Gasteiger partial charge in [-0.2, -0.15) is 0 Å². The summed E-state index contributed by atoms with van der Waals surface area (Å²) in [5.41, 5.74) is 0. The summed E-state index contributed by atoms with van der Waals surface area (Å²) in [5, 5.41) is 20.5. The number of carbonyl (C=O) groups excluding carboxylic acids is 3. The normalized spacial score (nSPS) is 14.9. The highest BCUT2D eigenvalue weighted by Gasteiger charge is 2.29. The number of hydrogen-bond acceptors (Lipinski definition) is 14. The second-order valence-electron chi connectivity index (χ2n) is 23.0. The van der Waals surface area contributed by atoms with Crippen LogP contribution in [-0.4, -0.2) is 95.9 Å². The molecule has 0 aromatic rings. The Balaban J connectivity index is 4.67. The summed E-state index contributed by atoms with van der Waals surface area (Å²) >= 11 is 0. The van der Waals surface area contributed by atoms with Crippen LogP contribution in [0.1, 0.15) is 265 Å². The molecule has 522 valence electrons. The van der Waals surface area contributed by atoms with E-state index >= 15 is 0 Å². The number of unbranched alkanes of at least 4 members (excludes halogenated alkanes) is 22. The number of phosphoric acid groups is 2. The van der Waals surface area contributed by atoms with Crippen LogP contribution in [0.25, 0.3) is 0 Å². The maximum absolute atomic E-state index is 12.9. The van der Waals surface area contributed by atoms with E-state index in [1.807, 2.05) is 18.2 Å². The predicted molar refractivity (Wildman–Crippen MR) is 371 cm³/mol. The van der Waals surface area contributed by atoms with Crippen molar-refractivity contribution in [3.05, 3.63) is 122 Å². The number of phosphoric ester groups is 2. The third-order valence-corrected chi connectivity index (χ3v) is 16.1. The Hall–Kier alpha value is -4.05. The van der Waals surface area contributed by atoms with Crippen LogP contribution in [0.4, 0.5) is 0 Å². The van der Waals surface area contributed by atoms with Crippen molar-refractivity contribution >= 4 is 33.6 Å². The monoisotopic (exact) mass is 1320 g/mol. The van der Waals surface area contributed by atoms with Crippen LogP contribution in [0.15, 0.2) is 122 Å². The Morgan fingerprint density at radius 2 is 0.604 bits per heavy atom. The van der Waals surface area contributed by atoms with Gasteiger partial charge in [0.2, 0.25) is 0 Å². The minimum atomic E-state index is -4.94. The molecule has 0 aromatic heterocycles. The molecule has 16 nitrogen and oxygen atoms in total. The molecule has 0 fully saturated rings. The standard InChI is InChI=1S/C73H124O16P2/c1-4-7-10-13-16-19-22-25-27-29-31-32-33-34-36-38-39-42-44-47-50-53-56-59-71(76)83-62-68(74)63-85-90(79,80)86-64-69(75)65-87-91(81,82)88-67-70(89-73(78)61-58-55-52-49-46-41-24-21-18-15-12-9-6-3)66-84-72(77)60-57-54-51-48-45-43-40-37-35-30-28-26-23-20-17-14-11-8-5-2/h8,11,16-17,19-20,25-28,31-32,34-37,43,45,51,54,68-70,74-75H,4-7,9-10,12-15,18,21-24,29-30,33,38-42,44,46-50,52-53,55-67H2,1-3H3,(H,79,80)(H,81,82)/b11-8-,19-16-,20-17-,27-25-,28-26-,32-31-,36-34-,37-35-,45-43-,54-51-. The molecule has 91 heavy (non-hydrogen) atoms. The Kier molecular flexibility index (Phi) is 63.1. The third kappa shape index (κ3) is 67.2. The van der Waals surface area contributed by atoms with Crippen molar-refractivity contribution in [2.75, 3.05) is 39.6 Å². The second-order valence-corrected chi connectivity index (χ2v) is 25.9. The molecule has 5 unspecified atom stereocenters. The zero-order valence-corrected chi connectivity index (χ0v) is 58.3. The smallest absolute Gasteiger partial charge is 0.463 e. The van der Waals surface area contributed by atoms with Crippen LogP contribution in [0, 0.1) is 0 Å². The topological polar surface area (TPSA) is 231 Å². The largest absolute Gasteiger partial charge is 0.472 e. The number of aliphatic hydroxyl groups is 2. The van der Waals surface area contributed by atoms with E-state index in [2.05, 4.69) is 124 Å². The van der Waals surface area contributed by atoms with Gasteiger partial charge < -0.3 is 34.2 Å². The number of ether oxygens (including phenoxy) is 3. The van der Waals surface area contributed by atoms with Gasteiger partial charge in [-0.1, -0.05) is 264 Å². The molecule has 0 saturated heterocycles. The fourth-order valence-corrected chi connectivity index (χ4v) is 10.5. The van der Waals surface area contributed by atoms with Crippen LogP contribution in [-0.2, 0) is 55.8 Å². The summed E-state index contributed by atoms with van der Waals surface area (Å²) in [7, 11) is -9.80. The van der Waals surface area contributed by atoms with Gasteiger partial charge in [0.1, 0.15) is 25.4 Å². The molecule has 0 saturated carbocycles. The fraction of sp³-hybridized carbons (Fsp3) is 0.685. The molecular formula is C73H124O16P2. The van der Waals surface area contributed by atoms with Gasteiger partial charge in [-0.15, -0.1) is 0 Å². The highest BCUT2D eigenvalue weighted by Crippen LogP contribution is 2.45. The maximum atomic E-state index is 12.9. The van der Waals surface area contributed by atoms with Gasteiger partial charge in [0.25, 0.3) is 0 Å². The summed E-state index contributed by atoms with van der Waals surface area (Å²) in [6, 6.07) is 0. The van der Waals surface area contributed by atoms with E-state index in [-0.39, 0.29) is 19.3 Å². The molecule has 0 amide bonds. The first kappa shape index (κ1) is 87.0. The number of hydrogen-bond donors (Lipinski definition) is 4. The summed E-state index contributed by atoms with van der Waals surface area (Å²) in [6.45, 7) is 2.42. The van der Waals surface area contributed by atoms with Crippen molar-refractivity contribution in [1.29, 1.82) is 0 Å². The van der Waals surface area contributed by atoms with Gasteiger partial charge in [-0.25, -0.2) is 9.13 Å². The third-order valence-electron chi connectivity index (χ3n) is 14.2. The average Bonchev–Trinajstić information content (AvgIpc) is 3.74. The minimum Gasteiger partial charge on any atom is -0.463 e. The Labute approximate surface area is 551 Å². The molecule has 0 aliphatic heterocycles. The molecule has 0 bridgehead atoms. The molecule has 4 N–H and O–H groups in total. The Morgan fingerprint density at radius 3 is 1.01 bits per heavy atom. The van der Waals surface area contributed by atoms with Gasteiger partial charge in [0.15, 0.2) is 6.10 Å². The van der Waals surface area contributed by atoms with Crippen LogP contribution in [0.3, 0.4) is 0 Å².